The Kier molecular flexibility index (Phi) is 6.60. The zero-order chi connectivity index (χ0) is 22.3. The molecule has 0 bridgehead atoms. The van der Waals surface area contributed by atoms with E-state index in [1.165, 1.54) is 5.39 Å². The van der Waals surface area contributed by atoms with Crippen molar-refractivity contribution >= 4 is 22.4 Å². The molecule has 0 aliphatic heterocycles. The maximum atomic E-state index is 12.3. The number of benzene rings is 3. The monoisotopic (exact) mass is 427 g/mol. The molecule has 0 aliphatic rings. The highest BCUT2D eigenvalue weighted by Gasteiger charge is 2.07. The van der Waals surface area contributed by atoms with Gasteiger partial charge in [0.1, 0.15) is 11.5 Å². The SMILES string of the molecule is Cc1cc(C)nc(Oc2cccc(NC(=O)CCCOc3ccc4ccccc4c3)c2)n1. The lowest BCUT2D eigenvalue weighted by molar-refractivity contribution is -0.116. The highest BCUT2D eigenvalue weighted by atomic mass is 16.5. The molecule has 0 radical (unpaired) electrons. The first-order valence-electron chi connectivity index (χ1n) is 10.6. The van der Waals surface area contributed by atoms with Gasteiger partial charge in [-0.25, -0.2) is 9.97 Å². The smallest absolute Gasteiger partial charge is 0.322 e. The molecule has 6 heteroatoms. The van der Waals surface area contributed by atoms with Gasteiger partial charge in [-0.05, 0) is 61.4 Å². The Bertz CT molecular complexity index is 1220. The number of amides is 1. The Hall–Kier alpha value is -3.93. The van der Waals surface area contributed by atoms with Crippen LogP contribution in [0.1, 0.15) is 24.2 Å². The van der Waals surface area contributed by atoms with E-state index in [1.807, 2.05) is 62.4 Å². The number of hydrogen-bond acceptors (Lipinski definition) is 5. The van der Waals surface area contributed by atoms with Crippen molar-refractivity contribution in [3.8, 4) is 17.5 Å². The Morgan fingerprint density at radius 2 is 1.62 bits per heavy atom. The second-order valence-corrected chi connectivity index (χ2v) is 7.57. The number of hydrogen-bond donors (Lipinski definition) is 1. The van der Waals surface area contributed by atoms with Gasteiger partial charge in [0.15, 0.2) is 0 Å². The predicted molar refractivity (Wildman–Crippen MR) is 125 cm³/mol. The highest BCUT2D eigenvalue weighted by Crippen LogP contribution is 2.23. The first kappa shape index (κ1) is 21.3. The Balaban J connectivity index is 1.26. The van der Waals surface area contributed by atoms with Gasteiger partial charge in [-0.3, -0.25) is 4.79 Å². The van der Waals surface area contributed by atoms with Crippen LogP contribution >= 0.6 is 0 Å². The van der Waals surface area contributed by atoms with Crippen molar-refractivity contribution in [3.05, 3.63) is 84.2 Å². The van der Waals surface area contributed by atoms with Crippen LogP contribution in [0.15, 0.2) is 72.8 Å². The van der Waals surface area contributed by atoms with Crippen LogP contribution in [0.5, 0.6) is 17.5 Å². The zero-order valence-electron chi connectivity index (χ0n) is 18.2. The molecule has 0 saturated carbocycles. The summed E-state index contributed by atoms with van der Waals surface area (Å²) < 4.78 is 11.6. The van der Waals surface area contributed by atoms with Gasteiger partial charge in [0.25, 0.3) is 0 Å². The van der Waals surface area contributed by atoms with E-state index in [-0.39, 0.29) is 11.9 Å². The number of nitrogens with zero attached hydrogens (tertiary/aromatic N) is 2. The van der Waals surface area contributed by atoms with Gasteiger partial charge < -0.3 is 14.8 Å². The van der Waals surface area contributed by atoms with Crippen molar-refractivity contribution in [2.24, 2.45) is 0 Å². The lowest BCUT2D eigenvalue weighted by Gasteiger charge is -2.10. The van der Waals surface area contributed by atoms with Crippen LogP contribution in [-0.2, 0) is 4.79 Å². The largest absolute Gasteiger partial charge is 0.494 e. The fourth-order valence-electron chi connectivity index (χ4n) is 3.39. The molecular weight excluding hydrogens is 402 g/mol. The maximum absolute atomic E-state index is 12.3. The molecule has 0 fully saturated rings. The van der Waals surface area contributed by atoms with Crippen molar-refractivity contribution in [1.29, 1.82) is 0 Å². The molecule has 4 aromatic rings. The third-order valence-corrected chi connectivity index (χ3v) is 4.83. The molecule has 0 spiro atoms. The predicted octanol–water partition coefficient (Wildman–Crippen LogP) is 5.84. The summed E-state index contributed by atoms with van der Waals surface area (Å²) >= 11 is 0. The summed E-state index contributed by atoms with van der Waals surface area (Å²) in [5, 5.41) is 5.21. The lowest BCUT2D eigenvalue weighted by atomic mass is 10.1. The van der Waals surface area contributed by atoms with Crippen LogP contribution in [0, 0.1) is 13.8 Å². The number of ether oxygens (including phenoxy) is 2. The van der Waals surface area contributed by atoms with Crippen LogP contribution in [0.2, 0.25) is 0 Å². The average molecular weight is 428 g/mol. The minimum Gasteiger partial charge on any atom is -0.494 e. The van der Waals surface area contributed by atoms with Crippen molar-refractivity contribution in [2.45, 2.75) is 26.7 Å². The fraction of sp³-hybridized carbons (Fsp3) is 0.192. The molecule has 0 atom stereocenters. The number of anilines is 1. The minimum absolute atomic E-state index is 0.0769. The van der Waals surface area contributed by atoms with Crippen molar-refractivity contribution in [2.75, 3.05) is 11.9 Å². The molecule has 3 aromatic carbocycles. The maximum Gasteiger partial charge on any atom is 0.322 e. The number of fused-ring (bicyclic) bond motifs is 1. The summed E-state index contributed by atoms with van der Waals surface area (Å²) in [6.07, 6.45) is 0.976. The van der Waals surface area contributed by atoms with E-state index in [1.54, 1.807) is 12.1 Å². The molecule has 32 heavy (non-hydrogen) atoms. The lowest BCUT2D eigenvalue weighted by Crippen LogP contribution is -2.12. The second-order valence-electron chi connectivity index (χ2n) is 7.57. The molecule has 6 nitrogen and oxygen atoms in total. The fourth-order valence-corrected chi connectivity index (χ4v) is 3.39. The van der Waals surface area contributed by atoms with Gasteiger partial charge in [-0.2, -0.15) is 0 Å². The molecule has 0 aliphatic carbocycles. The van der Waals surface area contributed by atoms with Gasteiger partial charge in [0.05, 0.1) is 6.61 Å². The molecule has 1 heterocycles. The standard InChI is InChI=1S/C26H25N3O3/c1-18-15-19(2)28-26(27-18)32-24-10-5-9-22(17-24)29-25(30)11-6-14-31-23-13-12-20-7-3-4-8-21(20)16-23/h3-5,7-10,12-13,15-17H,6,11,14H2,1-2H3,(H,29,30). The van der Waals surface area contributed by atoms with E-state index in [4.69, 9.17) is 9.47 Å². The minimum atomic E-state index is -0.0769. The van der Waals surface area contributed by atoms with Crippen LogP contribution in [0.4, 0.5) is 5.69 Å². The number of carbonyl (C=O) groups is 1. The third-order valence-electron chi connectivity index (χ3n) is 4.83. The summed E-state index contributed by atoms with van der Waals surface area (Å²) in [4.78, 5) is 20.9. The molecule has 1 aromatic heterocycles. The van der Waals surface area contributed by atoms with Crippen molar-refractivity contribution < 1.29 is 14.3 Å². The topological polar surface area (TPSA) is 73.3 Å². The molecule has 1 amide bonds. The van der Waals surface area contributed by atoms with E-state index in [2.05, 4.69) is 27.4 Å². The molecule has 162 valence electrons. The Morgan fingerprint density at radius 1 is 0.844 bits per heavy atom. The molecule has 1 N–H and O–H groups in total. The van der Waals surface area contributed by atoms with Crippen LogP contribution in [0.25, 0.3) is 10.8 Å². The van der Waals surface area contributed by atoms with Crippen LogP contribution in [-0.4, -0.2) is 22.5 Å². The molecule has 4 rings (SSSR count). The second kappa shape index (κ2) is 9.92. The van der Waals surface area contributed by atoms with Gasteiger partial charge in [0.2, 0.25) is 5.91 Å². The third kappa shape index (κ3) is 5.82. The molecule has 0 saturated heterocycles. The van der Waals surface area contributed by atoms with Crippen LogP contribution < -0.4 is 14.8 Å². The average Bonchev–Trinajstić information content (AvgIpc) is 2.76. The summed E-state index contributed by atoms with van der Waals surface area (Å²) in [5.41, 5.74) is 2.33. The van der Waals surface area contributed by atoms with E-state index in [0.717, 1.165) is 22.5 Å². The summed E-state index contributed by atoms with van der Waals surface area (Å²) in [6.45, 7) is 4.25. The first-order valence-corrected chi connectivity index (χ1v) is 10.6. The number of nitrogens with one attached hydrogen (secondary N) is 1. The van der Waals surface area contributed by atoms with Crippen molar-refractivity contribution in [1.82, 2.24) is 9.97 Å². The summed E-state index contributed by atoms with van der Waals surface area (Å²) in [7, 11) is 0. The normalized spacial score (nSPS) is 10.7. The van der Waals surface area contributed by atoms with Crippen molar-refractivity contribution in [3.63, 3.8) is 0 Å². The number of aryl methyl sites for hydroxylation is 2. The van der Waals surface area contributed by atoms with E-state index < -0.39 is 0 Å². The Labute approximate surface area is 187 Å². The highest BCUT2D eigenvalue weighted by molar-refractivity contribution is 5.90. The zero-order valence-corrected chi connectivity index (χ0v) is 18.2. The van der Waals surface area contributed by atoms with Gasteiger partial charge in [-0.15, -0.1) is 0 Å². The number of carbonyl (C=O) groups excluding carboxylic acids is 1. The first-order chi connectivity index (χ1) is 15.5. The van der Waals surface area contributed by atoms with E-state index >= 15 is 0 Å². The number of rotatable bonds is 8. The number of aromatic nitrogens is 2. The quantitative estimate of drug-likeness (QED) is 0.358. The summed E-state index contributed by atoms with van der Waals surface area (Å²) in [5.74, 6) is 1.29. The molecule has 0 unspecified atom stereocenters. The molecular formula is C26H25N3O3. The summed E-state index contributed by atoms with van der Waals surface area (Å²) in [6, 6.07) is 23.5. The Morgan fingerprint density at radius 3 is 2.44 bits per heavy atom. The van der Waals surface area contributed by atoms with E-state index in [9.17, 15) is 4.79 Å². The van der Waals surface area contributed by atoms with Gasteiger partial charge >= 0.3 is 6.01 Å². The van der Waals surface area contributed by atoms with E-state index in [0.29, 0.717) is 30.9 Å². The van der Waals surface area contributed by atoms with Crippen LogP contribution in [0.3, 0.4) is 0 Å². The van der Waals surface area contributed by atoms with Gasteiger partial charge in [0, 0.05) is 29.6 Å². The van der Waals surface area contributed by atoms with Gasteiger partial charge in [-0.1, -0.05) is 36.4 Å².